The molecule has 0 fully saturated rings. The molecule has 0 spiro atoms. The summed E-state index contributed by atoms with van der Waals surface area (Å²) < 4.78 is 5.67. The van der Waals surface area contributed by atoms with E-state index in [0.717, 1.165) is 29.5 Å². The molecule has 0 aliphatic heterocycles. The van der Waals surface area contributed by atoms with Crippen LogP contribution >= 0.6 is 11.8 Å². The number of hydrogen-bond donors (Lipinski definition) is 0. The molecular weight excluding hydrogens is 310 g/mol. The van der Waals surface area contributed by atoms with E-state index in [9.17, 15) is 4.79 Å². The van der Waals surface area contributed by atoms with Crippen LogP contribution in [0.3, 0.4) is 0 Å². The van der Waals surface area contributed by atoms with Crippen molar-refractivity contribution in [1.29, 1.82) is 0 Å². The van der Waals surface area contributed by atoms with E-state index < -0.39 is 0 Å². The lowest BCUT2D eigenvalue weighted by Gasteiger charge is -2.21. The van der Waals surface area contributed by atoms with Gasteiger partial charge in [-0.25, -0.2) is 0 Å². The van der Waals surface area contributed by atoms with Gasteiger partial charge in [-0.05, 0) is 30.5 Å². The van der Waals surface area contributed by atoms with E-state index in [-0.39, 0.29) is 11.0 Å². The van der Waals surface area contributed by atoms with E-state index >= 15 is 0 Å². The lowest BCUT2D eigenvalue weighted by atomic mass is 9.90. The Bertz CT molecular complexity index is 848. The van der Waals surface area contributed by atoms with Gasteiger partial charge in [-0.1, -0.05) is 36.0 Å². The first-order chi connectivity index (χ1) is 11.3. The normalized spacial score (nSPS) is 17.0. The van der Waals surface area contributed by atoms with Crippen LogP contribution in [0.4, 0.5) is 0 Å². The first-order valence-corrected chi connectivity index (χ1v) is 8.22. The number of ketones is 1. The minimum atomic E-state index is -0.171. The molecule has 0 bridgehead atoms. The number of Topliss-reactive ketones (excluding diaryl/α,β-unsaturated/α-hetero) is 1. The number of thioether (sulfide) groups is 1. The molecule has 1 unspecified atom stereocenters. The quantitative estimate of drug-likeness (QED) is 0.735. The highest BCUT2D eigenvalue weighted by Crippen LogP contribution is 2.33. The van der Waals surface area contributed by atoms with E-state index in [1.54, 1.807) is 12.4 Å². The summed E-state index contributed by atoms with van der Waals surface area (Å²) in [5.74, 6) is 0.582. The van der Waals surface area contributed by atoms with Gasteiger partial charge in [0.25, 0.3) is 5.22 Å². The zero-order valence-electron chi connectivity index (χ0n) is 12.2. The van der Waals surface area contributed by atoms with Crippen LogP contribution < -0.4 is 0 Å². The van der Waals surface area contributed by atoms with E-state index in [1.165, 1.54) is 11.8 Å². The fourth-order valence-electron chi connectivity index (χ4n) is 2.67. The molecule has 0 saturated carbocycles. The summed E-state index contributed by atoms with van der Waals surface area (Å²) in [6, 6.07) is 11.4. The number of carbonyl (C=O) groups is 1. The number of carbonyl (C=O) groups excluding carboxylic acids is 1. The monoisotopic (exact) mass is 323 g/mol. The molecule has 0 saturated heterocycles. The van der Waals surface area contributed by atoms with Crippen molar-refractivity contribution in [2.45, 2.75) is 23.3 Å². The Morgan fingerprint density at radius 1 is 1.09 bits per heavy atom. The number of aromatic nitrogens is 3. The lowest BCUT2D eigenvalue weighted by Crippen LogP contribution is -2.24. The highest BCUT2D eigenvalue weighted by Gasteiger charge is 2.29. The minimum Gasteiger partial charge on any atom is -0.411 e. The van der Waals surface area contributed by atoms with Crippen LogP contribution in [0.15, 0.2) is 58.4 Å². The summed E-state index contributed by atoms with van der Waals surface area (Å²) in [6.07, 6.45) is 5.03. The van der Waals surface area contributed by atoms with Crippen molar-refractivity contribution in [3.8, 4) is 11.5 Å². The summed E-state index contributed by atoms with van der Waals surface area (Å²) in [5, 5.41) is 8.35. The summed E-state index contributed by atoms with van der Waals surface area (Å²) in [6.45, 7) is 0. The minimum absolute atomic E-state index is 0.139. The number of aryl methyl sites for hydroxylation is 1. The van der Waals surface area contributed by atoms with Crippen molar-refractivity contribution in [2.24, 2.45) is 0 Å². The SMILES string of the molecule is O=C1c2ccccc2CCC1Sc1nnc(-c2ccncc2)o1. The topological polar surface area (TPSA) is 68.9 Å². The van der Waals surface area contributed by atoms with Crippen LogP contribution in [-0.4, -0.2) is 26.2 Å². The first-order valence-electron chi connectivity index (χ1n) is 7.34. The Morgan fingerprint density at radius 2 is 1.91 bits per heavy atom. The molecule has 2 heterocycles. The Balaban J connectivity index is 1.54. The van der Waals surface area contributed by atoms with Gasteiger partial charge >= 0.3 is 0 Å². The third kappa shape index (κ3) is 2.77. The van der Waals surface area contributed by atoms with Gasteiger partial charge in [-0.15, -0.1) is 10.2 Å². The number of pyridine rings is 1. The fourth-order valence-corrected chi connectivity index (χ4v) is 3.60. The number of hydrogen-bond acceptors (Lipinski definition) is 6. The van der Waals surface area contributed by atoms with Crippen molar-refractivity contribution in [1.82, 2.24) is 15.2 Å². The van der Waals surface area contributed by atoms with Crippen LogP contribution in [0.5, 0.6) is 0 Å². The van der Waals surface area contributed by atoms with Crippen LogP contribution in [-0.2, 0) is 6.42 Å². The highest BCUT2D eigenvalue weighted by molar-refractivity contribution is 8.00. The van der Waals surface area contributed by atoms with E-state index in [4.69, 9.17) is 4.42 Å². The van der Waals surface area contributed by atoms with Crippen molar-refractivity contribution in [3.05, 3.63) is 59.9 Å². The molecule has 0 N–H and O–H groups in total. The van der Waals surface area contributed by atoms with Gasteiger partial charge < -0.3 is 4.42 Å². The second-order valence-electron chi connectivity index (χ2n) is 5.28. The molecule has 1 atom stereocenters. The Kier molecular flexibility index (Phi) is 3.67. The maximum Gasteiger partial charge on any atom is 0.277 e. The largest absolute Gasteiger partial charge is 0.411 e. The second kappa shape index (κ2) is 5.96. The van der Waals surface area contributed by atoms with E-state index in [2.05, 4.69) is 15.2 Å². The molecule has 23 heavy (non-hydrogen) atoms. The molecule has 1 aliphatic rings. The molecule has 0 radical (unpaired) electrons. The first kappa shape index (κ1) is 14.1. The maximum absolute atomic E-state index is 12.6. The molecule has 5 nitrogen and oxygen atoms in total. The Morgan fingerprint density at radius 3 is 2.78 bits per heavy atom. The number of rotatable bonds is 3. The van der Waals surface area contributed by atoms with Gasteiger partial charge in [0, 0.05) is 23.5 Å². The predicted octanol–water partition coefficient (Wildman–Crippen LogP) is 3.42. The Labute approximate surface area is 137 Å². The van der Waals surface area contributed by atoms with Crippen molar-refractivity contribution >= 4 is 17.5 Å². The van der Waals surface area contributed by atoms with E-state index in [1.807, 2.05) is 36.4 Å². The molecule has 6 heteroatoms. The predicted molar refractivity (Wildman–Crippen MR) is 86.3 cm³/mol. The van der Waals surface area contributed by atoms with Gasteiger partial charge in [-0.3, -0.25) is 9.78 Å². The zero-order chi connectivity index (χ0) is 15.6. The van der Waals surface area contributed by atoms with Crippen molar-refractivity contribution in [2.75, 3.05) is 0 Å². The van der Waals surface area contributed by atoms with Gasteiger partial charge in [0.1, 0.15) is 0 Å². The lowest BCUT2D eigenvalue weighted by molar-refractivity contribution is 0.0979. The molecule has 114 valence electrons. The molecule has 2 aromatic heterocycles. The number of fused-ring (bicyclic) bond motifs is 1. The van der Waals surface area contributed by atoms with Gasteiger partial charge in [0.05, 0.1) is 5.25 Å². The van der Waals surface area contributed by atoms with Crippen LogP contribution in [0.1, 0.15) is 22.3 Å². The third-order valence-electron chi connectivity index (χ3n) is 3.83. The summed E-state index contributed by atoms with van der Waals surface area (Å²) >= 11 is 1.35. The van der Waals surface area contributed by atoms with E-state index in [0.29, 0.717) is 11.1 Å². The van der Waals surface area contributed by atoms with Gasteiger partial charge in [-0.2, -0.15) is 0 Å². The van der Waals surface area contributed by atoms with Gasteiger partial charge in [0.2, 0.25) is 5.89 Å². The second-order valence-corrected chi connectivity index (χ2v) is 6.43. The summed E-state index contributed by atoms with van der Waals surface area (Å²) in [4.78, 5) is 16.5. The smallest absolute Gasteiger partial charge is 0.277 e. The molecular formula is C17H13N3O2S. The molecule has 0 amide bonds. The van der Waals surface area contributed by atoms with Gasteiger partial charge in [0.15, 0.2) is 5.78 Å². The zero-order valence-corrected chi connectivity index (χ0v) is 13.0. The third-order valence-corrected chi connectivity index (χ3v) is 4.93. The average molecular weight is 323 g/mol. The van der Waals surface area contributed by atoms with Crippen LogP contribution in [0, 0.1) is 0 Å². The standard InChI is InChI=1S/C17H13N3O2S/c21-15-13-4-2-1-3-11(13)5-6-14(15)23-17-20-19-16(22-17)12-7-9-18-10-8-12/h1-4,7-10,14H,5-6H2. The summed E-state index contributed by atoms with van der Waals surface area (Å²) in [7, 11) is 0. The van der Waals surface area contributed by atoms with Crippen molar-refractivity contribution in [3.63, 3.8) is 0 Å². The fraction of sp³-hybridized carbons (Fsp3) is 0.176. The van der Waals surface area contributed by atoms with Crippen molar-refractivity contribution < 1.29 is 9.21 Å². The highest BCUT2D eigenvalue weighted by atomic mass is 32.2. The summed E-state index contributed by atoms with van der Waals surface area (Å²) in [5.41, 5.74) is 2.75. The maximum atomic E-state index is 12.6. The van der Waals surface area contributed by atoms with Crippen LogP contribution in [0.25, 0.3) is 11.5 Å². The number of nitrogens with zero attached hydrogens (tertiary/aromatic N) is 3. The molecule has 4 rings (SSSR count). The number of benzene rings is 1. The van der Waals surface area contributed by atoms with Crippen LogP contribution in [0.2, 0.25) is 0 Å². The molecule has 3 aromatic rings. The molecule has 1 aromatic carbocycles. The average Bonchev–Trinajstić information content (AvgIpc) is 3.07. The molecule has 1 aliphatic carbocycles. The Hall–Kier alpha value is -2.47.